The summed E-state index contributed by atoms with van der Waals surface area (Å²) in [5.74, 6) is 0. The van der Waals surface area contributed by atoms with Crippen LogP contribution < -0.4 is 5.32 Å². The number of ether oxygens (including phenoxy) is 1. The van der Waals surface area contributed by atoms with E-state index in [0.29, 0.717) is 12.6 Å². The van der Waals surface area contributed by atoms with Crippen molar-refractivity contribution >= 4 is 6.09 Å². The molecule has 1 saturated carbocycles. The summed E-state index contributed by atoms with van der Waals surface area (Å²) in [4.78, 5) is 11.4. The van der Waals surface area contributed by atoms with Crippen molar-refractivity contribution in [2.24, 2.45) is 0 Å². The Labute approximate surface area is 95.8 Å². The highest BCUT2D eigenvalue weighted by molar-refractivity contribution is 5.67. The first-order valence-corrected chi connectivity index (χ1v) is 5.82. The van der Waals surface area contributed by atoms with Gasteiger partial charge in [0.25, 0.3) is 0 Å². The summed E-state index contributed by atoms with van der Waals surface area (Å²) in [5.41, 5.74) is 1.02. The van der Waals surface area contributed by atoms with Gasteiger partial charge in [-0.05, 0) is 18.4 Å². The maximum Gasteiger partial charge on any atom is 0.407 e. The van der Waals surface area contributed by atoms with Crippen LogP contribution >= 0.6 is 0 Å². The molecule has 1 N–H and O–H groups in total. The molecule has 1 aromatic rings. The number of rotatable bonds is 3. The Morgan fingerprint density at radius 2 is 1.94 bits per heavy atom. The highest BCUT2D eigenvalue weighted by atomic mass is 16.5. The van der Waals surface area contributed by atoms with Crippen molar-refractivity contribution in [1.82, 2.24) is 5.32 Å². The molecule has 0 bridgehead atoms. The fourth-order valence-electron chi connectivity index (χ4n) is 2.00. The predicted molar refractivity (Wildman–Crippen MR) is 62.0 cm³/mol. The van der Waals surface area contributed by atoms with E-state index in [4.69, 9.17) is 4.74 Å². The Hall–Kier alpha value is -1.51. The Bertz CT molecular complexity index is 331. The molecule has 0 unspecified atom stereocenters. The van der Waals surface area contributed by atoms with Crippen molar-refractivity contribution in [2.45, 2.75) is 38.3 Å². The van der Waals surface area contributed by atoms with E-state index in [1.165, 1.54) is 12.8 Å². The van der Waals surface area contributed by atoms with Crippen molar-refractivity contribution in [3.8, 4) is 0 Å². The molecule has 0 aliphatic heterocycles. The van der Waals surface area contributed by atoms with Crippen LogP contribution in [-0.2, 0) is 11.3 Å². The first-order chi connectivity index (χ1) is 7.84. The van der Waals surface area contributed by atoms with Crippen LogP contribution in [0.4, 0.5) is 4.79 Å². The molecule has 1 fully saturated rings. The molecule has 2 rings (SSSR count). The SMILES string of the molecule is O=C(NC1CCCC1)OCc1ccccc1. The largest absolute Gasteiger partial charge is 0.445 e. The normalized spacial score (nSPS) is 16.0. The van der Waals surface area contributed by atoms with Gasteiger partial charge in [-0.25, -0.2) is 4.79 Å². The monoisotopic (exact) mass is 219 g/mol. The minimum Gasteiger partial charge on any atom is -0.445 e. The maximum absolute atomic E-state index is 11.4. The molecular formula is C13H17NO2. The molecule has 0 radical (unpaired) electrons. The van der Waals surface area contributed by atoms with Gasteiger partial charge in [0, 0.05) is 6.04 Å². The number of carbonyl (C=O) groups excluding carboxylic acids is 1. The van der Waals surface area contributed by atoms with Crippen LogP contribution in [0.2, 0.25) is 0 Å². The second-order valence-corrected chi connectivity index (χ2v) is 4.19. The van der Waals surface area contributed by atoms with E-state index in [9.17, 15) is 4.79 Å². The number of alkyl carbamates (subject to hydrolysis) is 1. The van der Waals surface area contributed by atoms with E-state index >= 15 is 0 Å². The zero-order valence-electron chi connectivity index (χ0n) is 9.32. The number of benzene rings is 1. The van der Waals surface area contributed by atoms with Gasteiger partial charge >= 0.3 is 6.09 Å². The van der Waals surface area contributed by atoms with Gasteiger partial charge < -0.3 is 10.1 Å². The molecule has 0 aromatic heterocycles. The number of amides is 1. The fourth-order valence-corrected chi connectivity index (χ4v) is 2.00. The number of carbonyl (C=O) groups is 1. The summed E-state index contributed by atoms with van der Waals surface area (Å²) in [5, 5.41) is 2.89. The third-order valence-electron chi connectivity index (χ3n) is 2.89. The molecule has 3 heteroatoms. The van der Waals surface area contributed by atoms with Gasteiger partial charge in [-0.2, -0.15) is 0 Å². The minimum atomic E-state index is -0.296. The molecule has 1 amide bonds. The molecule has 1 aliphatic carbocycles. The standard InChI is InChI=1S/C13H17NO2/c15-13(14-12-8-4-5-9-12)16-10-11-6-2-1-3-7-11/h1-3,6-7,12H,4-5,8-10H2,(H,14,15). The maximum atomic E-state index is 11.4. The van der Waals surface area contributed by atoms with E-state index < -0.39 is 0 Å². The van der Waals surface area contributed by atoms with E-state index in [0.717, 1.165) is 18.4 Å². The van der Waals surface area contributed by atoms with Gasteiger partial charge in [-0.15, -0.1) is 0 Å². The number of hydrogen-bond donors (Lipinski definition) is 1. The summed E-state index contributed by atoms with van der Waals surface area (Å²) in [6, 6.07) is 10.0. The average Bonchev–Trinajstić information content (AvgIpc) is 2.81. The summed E-state index contributed by atoms with van der Waals surface area (Å²) < 4.78 is 5.14. The summed E-state index contributed by atoms with van der Waals surface area (Å²) in [6.45, 7) is 0.347. The smallest absolute Gasteiger partial charge is 0.407 e. The lowest BCUT2D eigenvalue weighted by atomic mass is 10.2. The van der Waals surface area contributed by atoms with Crippen LogP contribution in [0.25, 0.3) is 0 Å². The van der Waals surface area contributed by atoms with Gasteiger partial charge in [-0.1, -0.05) is 43.2 Å². The molecule has 3 nitrogen and oxygen atoms in total. The van der Waals surface area contributed by atoms with Crippen LogP contribution in [0.15, 0.2) is 30.3 Å². The minimum absolute atomic E-state index is 0.296. The third-order valence-corrected chi connectivity index (χ3v) is 2.89. The Morgan fingerprint density at radius 3 is 2.62 bits per heavy atom. The second-order valence-electron chi connectivity index (χ2n) is 4.19. The highest BCUT2D eigenvalue weighted by Gasteiger charge is 2.17. The van der Waals surface area contributed by atoms with Gasteiger partial charge in [0.1, 0.15) is 6.61 Å². The molecule has 0 heterocycles. The van der Waals surface area contributed by atoms with Crippen molar-refractivity contribution in [3.63, 3.8) is 0 Å². The van der Waals surface area contributed by atoms with Gasteiger partial charge in [0.2, 0.25) is 0 Å². The van der Waals surface area contributed by atoms with Crippen molar-refractivity contribution in [1.29, 1.82) is 0 Å². The van der Waals surface area contributed by atoms with E-state index in [2.05, 4.69) is 5.32 Å². The van der Waals surface area contributed by atoms with E-state index in [-0.39, 0.29) is 6.09 Å². The molecule has 0 atom stereocenters. The number of hydrogen-bond acceptors (Lipinski definition) is 2. The van der Waals surface area contributed by atoms with Crippen LogP contribution in [-0.4, -0.2) is 12.1 Å². The topological polar surface area (TPSA) is 38.3 Å². The Kier molecular flexibility index (Phi) is 3.81. The molecule has 0 saturated heterocycles. The van der Waals surface area contributed by atoms with Gasteiger partial charge in [0.05, 0.1) is 0 Å². The first-order valence-electron chi connectivity index (χ1n) is 5.82. The second kappa shape index (κ2) is 5.54. The number of nitrogens with one attached hydrogen (secondary N) is 1. The van der Waals surface area contributed by atoms with E-state index in [1.54, 1.807) is 0 Å². The molecule has 1 aliphatic rings. The molecular weight excluding hydrogens is 202 g/mol. The van der Waals surface area contributed by atoms with Crippen LogP contribution in [0.1, 0.15) is 31.2 Å². The van der Waals surface area contributed by atoms with Crippen LogP contribution in [0, 0.1) is 0 Å². The Morgan fingerprint density at radius 1 is 1.25 bits per heavy atom. The summed E-state index contributed by atoms with van der Waals surface area (Å²) >= 11 is 0. The van der Waals surface area contributed by atoms with Crippen LogP contribution in [0.3, 0.4) is 0 Å². The van der Waals surface area contributed by atoms with Crippen LogP contribution in [0.5, 0.6) is 0 Å². The summed E-state index contributed by atoms with van der Waals surface area (Å²) in [6.07, 6.45) is 4.30. The molecule has 0 spiro atoms. The lowest BCUT2D eigenvalue weighted by molar-refractivity contribution is 0.136. The summed E-state index contributed by atoms with van der Waals surface area (Å²) in [7, 11) is 0. The van der Waals surface area contributed by atoms with Crippen molar-refractivity contribution in [2.75, 3.05) is 0 Å². The Balaban J connectivity index is 1.71. The zero-order chi connectivity index (χ0) is 11.2. The molecule has 16 heavy (non-hydrogen) atoms. The average molecular weight is 219 g/mol. The quantitative estimate of drug-likeness (QED) is 0.848. The fraction of sp³-hybridized carbons (Fsp3) is 0.462. The third kappa shape index (κ3) is 3.26. The zero-order valence-corrected chi connectivity index (χ0v) is 9.32. The van der Waals surface area contributed by atoms with E-state index in [1.807, 2.05) is 30.3 Å². The highest BCUT2D eigenvalue weighted by Crippen LogP contribution is 2.17. The van der Waals surface area contributed by atoms with Crippen molar-refractivity contribution in [3.05, 3.63) is 35.9 Å². The lowest BCUT2D eigenvalue weighted by Gasteiger charge is -2.12. The van der Waals surface area contributed by atoms with Gasteiger partial charge in [-0.3, -0.25) is 0 Å². The first kappa shape index (κ1) is 11.0. The van der Waals surface area contributed by atoms with Gasteiger partial charge in [0.15, 0.2) is 0 Å². The molecule has 86 valence electrons. The lowest BCUT2D eigenvalue weighted by Crippen LogP contribution is -2.32. The van der Waals surface area contributed by atoms with Crippen molar-refractivity contribution < 1.29 is 9.53 Å². The molecule has 1 aromatic carbocycles. The predicted octanol–water partition coefficient (Wildman–Crippen LogP) is 2.86.